The van der Waals surface area contributed by atoms with Crippen molar-refractivity contribution in [2.24, 2.45) is 5.92 Å². The van der Waals surface area contributed by atoms with E-state index in [1.165, 1.54) is 12.1 Å². The fraction of sp³-hybridized carbons (Fsp3) is 0.652. The number of hydrogen-bond donors (Lipinski definition) is 2. The van der Waals surface area contributed by atoms with Crippen molar-refractivity contribution in [2.75, 3.05) is 6.54 Å². The highest BCUT2D eigenvalue weighted by atomic mass is 19.4. The van der Waals surface area contributed by atoms with Crippen LogP contribution in [0.2, 0.25) is 0 Å². The van der Waals surface area contributed by atoms with Gasteiger partial charge in [-0.3, -0.25) is 9.59 Å². The highest BCUT2D eigenvalue weighted by molar-refractivity contribution is 5.94. The van der Waals surface area contributed by atoms with E-state index in [0.29, 0.717) is 18.9 Å². The van der Waals surface area contributed by atoms with Crippen LogP contribution in [0, 0.1) is 5.92 Å². The molecule has 0 radical (unpaired) electrons. The van der Waals surface area contributed by atoms with Crippen molar-refractivity contribution in [3.8, 4) is 0 Å². The lowest BCUT2D eigenvalue weighted by Crippen LogP contribution is -2.40. The van der Waals surface area contributed by atoms with E-state index < -0.39 is 17.6 Å². The Morgan fingerprint density at radius 1 is 1.00 bits per heavy atom. The van der Waals surface area contributed by atoms with Crippen LogP contribution in [0.1, 0.15) is 89.6 Å². The first-order chi connectivity index (χ1) is 13.8. The second kappa shape index (κ2) is 13.3. The first-order valence-corrected chi connectivity index (χ1v) is 10.6. The van der Waals surface area contributed by atoms with Gasteiger partial charge in [0.05, 0.1) is 5.56 Å². The van der Waals surface area contributed by atoms with Crippen LogP contribution >= 0.6 is 0 Å². The molecule has 1 aromatic rings. The van der Waals surface area contributed by atoms with Gasteiger partial charge in [-0.25, -0.2) is 0 Å². The van der Waals surface area contributed by atoms with E-state index in [4.69, 9.17) is 0 Å². The lowest BCUT2D eigenvalue weighted by molar-refractivity contribution is -0.137. The van der Waals surface area contributed by atoms with E-state index in [9.17, 15) is 22.8 Å². The van der Waals surface area contributed by atoms with E-state index in [1.807, 2.05) is 27.7 Å². The quantitative estimate of drug-likeness (QED) is 0.534. The second-order valence-electron chi connectivity index (χ2n) is 8.38. The van der Waals surface area contributed by atoms with Crippen molar-refractivity contribution >= 4 is 11.8 Å². The number of benzene rings is 1. The van der Waals surface area contributed by atoms with Gasteiger partial charge >= 0.3 is 6.18 Å². The molecule has 30 heavy (non-hydrogen) atoms. The van der Waals surface area contributed by atoms with Gasteiger partial charge in [-0.15, -0.1) is 0 Å². The molecule has 0 atom stereocenters. The van der Waals surface area contributed by atoms with Gasteiger partial charge in [0.2, 0.25) is 5.91 Å². The number of alkyl halides is 3. The Labute approximate surface area is 179 Å². The average Bonchev–Trinajstić information content (AvgIpc) is 2.64. The van der Waals surface area contributed by atoms with Crippen LogP contribution in [0.5, 0.6) is 0 Å². The molecule has 0 aliphatic heterocycles. The van der Waals surface area contributed by atoms with Crippen molar-refractivity contribution in [1.29, 1.82) is 0 Å². The number of carbonyl (C=O) groups excluding carboxylic acids is 2. The molecule has 0 spiro atoms. The second-order valence-corrected chi connectivity index (χ2v) is 8.38. The highest BCUT2D eigenvalue weighted by Crippen LogP contribution is 2.29. The molecule has 0 aliphatic carbocycles. The minimum absolute atomic E-state index is 0.0524. The molecule has 0 aromatic heterocycles. The van der Waals surface area contributed by atoms with Crippen LogP contribution in [0.25, 0.3) is 0 Å². The minimum atomic E-state index is -4.43. The Balaban J connectivity index is 0.000000787. The van der Waals surface area contributed by atoms with Crippen molar-refractivity contribution in [3.63, 3.8) is 0 Å². The molecule has 0 bridgehead atoms. The zero-order valence-corrected chi connectivity index (χ0v) is 19.1. The van der Waals surface area contributed by atoms with E-state index in [2.05, 4.69) is 24.5 Å². The minimum Gasteiger partial charge on any atom is -0.352 e. The zero-order chi connectivity index (χ0) is 23.4. The monoisotopic (exact) mass is 430 g/mol. The predicted molar refractivity (Wildman–Crippen MR) is 115 cm³/mol. The Kier molecular flexibility index (Phi) is 12.4. The van der Waals surface area contributed by atoms with Gasteiger partial charge < -0.3 is 10.6 Å². The molecule has 0 unspecified atom stereocenters. The summed E-state index contributed by atoms with van der Waals surface area (Å²) in [6.07, 6.45) is 0.224. The summed E-state index contributed by atoms with van der Waals surface area (Å²) < 4.78 is 37.8. The molecule has 2 N–H and O–H groups in total. The summed E-state index contributed by atoms with van der Waals surface area (Å²) >= 11 is 0. The molecule has 7 heteroatoms. The number of hydrogen-bond acceptors (Lipinski definition) is 2. The molecular formula is C23H37F3N2O2. The summed E-state index contributed by atoms with van der Waals surface area (Å²) in [5.41, 5.74) is -0.821. The van der Waals surface area contributed by atoms with Crippen molar-refractivity contribution in [3.05, 3.63) is 35.4 Å². The lowest BCUT2D eigenvalue weighted by atomic mass is 9.98. The summed E-state index contributed by atoms with van der Waals surface area (Å²) in [7, 11) is 0. The molecule has 1 aromatic carbocycles. The van der Waals surface area contributed by atoms with E-state index in [0.717, 1.165) is 37.8 Å². The number of nitrogens with one attached hydrogen (secondary N) is 2. The molecule has 0 fully saturated rings. The molecular weight excluding hydrogens is 393 g/mol. The topological polar surface area (TPSA) is 58.2 Å². The Morgan fingerprint density at radius 2 is 1.57 bits per heavy atom. The van der Waals surface area contributed by atoms with E-state index in [-0.39, 0.29) is 17.0 Å². The maximum absolute atomic E-state index is 12.6. The van der Waals surface area contributed by atoms with Gasteiger partial charge in [0.1, 0.15) is 0 Å². The first-order valence-electron chi connectivity index (χ1n) is 10.6. The highest BCUT2D eigenvalue weighted by Gasteiger charge is 2.30. The maximum Gasteiger partial charge on any atom is 0.416 e. The molecule has 4 nitrogen and oxygen atoms in total. The molecule has 172 valence electrons. The predicted octanol–water partition coefficient (Wildman–Crippen LogP) is 5.96. The third-order valence-electron chi connectivity index (χ3n) is 4.23. The molecule has 2 amide bonds. The fourth-order valence-corrected chi connectivity index (χ4v) is 2.85. The van der Waals surface area contributed by atoms with Crippen molar-refractivity contribution in [2.45, 2.75) is 85.4 Å². The fourth-order valence-electron chi connectivity index (χ4n) is 2.85. The molecule has 0 aliphatic rings. The molecule has 0 heterocycles. The standard InChI is InChI=1S/C16H22F3NO.C7H15NO/c1-3-6-12(7-4-2)11-20-15(21)13-8-5-9-14(10-13)16(17,18)19;1-5-6(9)8-7(2,3)4/h5,8-10,12H,3-4,6-7,11H2,1-2H3,(H,20,21);5H2,1-4H3,(H,8,9). The van der Waals surface area contributed by atoms with Crippen LogP contribution in [-0.4, -0.2) is 23.9 Å². The summed E-state index contributed by atoms with van der Waals surface area (Å²) in [5, 5.41) is 5.57. The smallest absolute Gasteiger partial charge is 0.352 e. The van der Waals surface area contributed by atoms with Crippen LogP contribution in [0.3, 0.4) is 0 Å². The van der Waals surface area contributed by atoms with Crippen molar-refractivity contribution in [1.82, 2.24) is 10.6 Å². The summed E-state index contributed by atoms with van der Waals surface area (Å²) in [6, 6.07) is 4.52. The van der Waals surface area contributed by atoms with Crippen LogP contribution in [0.4, 0.5) is 13.2 Å². The van der Waals surface area contributed by atoms with Crippen LogP contribution in [0.15, 0.2) is 24.3 Å². The van der Waals surface area contributed by atoms with Gasteiger partial charge in [0.25, 0.3) is 5.91 Å². The van der Waals surface area contributed by atoms with Crippen molar-refractivity contribution < 1.29 is 22.8 Å². The van der Waals surface area contributed by atoms with Gasteiger partial charge in [-0.05, 0) is 57.7 Å². The number of carbonyl (C=O) groups is 2. The SMILES string of the molecule is CCC(=O)NC(C)(C)C.CCCC(CCC)CNC(=O)c1cccc(C(F)(F)F)c1. The molecule has 0 saturated heterocycles. The number of halogens is 3. The summed E-state index contributed by atoms with van der Waals surface area (Å²) in [4.78, 5) is 22.7. The normalized spacial score (nSPS) is 11.5. The summed E-state index contributed by atoms with van der Waals surface area (Å²) in [6.45, 7) is 12.4. The van der Waals surface area contributed by atoms with E-state index >= 15 is 0 Å². The maximum atomic E-state index is 12.6. The summed E-state index contributed by atoms with van der Waals surface area (Å²) in [5.74, 6) is 0.0514. The van der Waals surface area contributed by atoms with Crippen LogP contribution in [-0.2, 0) is 11.0 Å². The van der Waals surface area contributed by atoms with Gasteiger partial charge in [0, 0.05) is 24.1 Å². The Bertz CT molecular complexity index is 647. The molecule has 0 saturated carbocycles. The number of rotatable bonds is 8. The van der Waals surface area contributed by atoms with Gasteiger partial charge in [0.15, 0.2) is 0 Å². The number of amides is 2. The zero-order valence-electron chi connectivity index (χ0n) is 19.1. The van der Waals surface area contributed by atoms with Gasteiger partial charge in [-0.1, -0.05) is 39.7 Å². The first kappa shape index (κ1) is 27.9. The van der Waals surface area contributed by atoms with Crippen LogP contribution < -0.4 is 10.6 Å². The third-order valence-corrected chi connectivity index (χ3v) is 4.23. The largest absolute Gasteiger partial charge is 0.416 e. The lowest BCUT2D eigenvalue weighted by Gasteiger charge is -2.19. The average molecular weight is 431 g/mol. The Hall–Kier alpha value is -2.05. The van der Waals surface area contributed by atoms with Gasteiger partial charge in [-0.2, -0.15) is 13.2 Å². The third kappa shape index (κ3) is 12.5. The van der Waals surface area contributed by atoms with E-state index in [1.54, 1.807) is 0 Å². The Morgan fingerprint density at radius 3 is 1.97 bits per heavy atom. The molecule has 1 rings (SSSR count).